The maximum absolute atomic E-state index is 4.51. The zero-order valence-electron chi connectivity index (χ0n) is 10.1. The molecule has 0 aliphatic carbocycles. The average Bonchev–Trinajstić information content (AvgIpc) is 2.98. The molecule has 0 radical (unpaired) electrons. The summed E-state index contributed by atoms with van der Waals surface area (Å²) < 4.78 is 7.35. The fraction of sp³-hybridized carbons (Fsp3) is 0.250. The summed E-state index contributed by atoms with van der Waals surface area (Å²) in [6.45, 7) is 4.20. The molecule has 0 N–H and O–H groups in total. The van der Waals surface area contributed by atoms with Crippen molar-refractivity contribution in [3.63, 3.8) is 0 Å². The first kappa shape index (κ1) is 11.7. The van der Waals surface area contributed by atoms with E-state index in [4.69, 9.17) is 0 Å². The first-order valence-corrected chi connectivity index (χ1v) is 7.26. The van der Waals surface area contributed by atoms with Crippen molar-refractivity contribution in [2.75, 3.05) is 0 Å². The molecular formula is C12H12N4S2. The Morgan fingerprint density at radius 1 is 1.33 bits per heavy atom. The van der Waals surface area contributed by atoms with Crippen molar-refractivity contribution in [3.8, 4) is 0 Å². The van der Waals surface area contributed by atoms with Crippen LogP contribution in [0.2, 0.25) is 0 Å². The molecule has 0 atom stereocenters. The van der Waals surface area contributed by atoms with E-state index < -0.39 is 0 Å². The van der Waals surface area contributed by atoms with Crippen molar-refractivity contribution in [2.45, 2.75) is 29.3 Å². The van der Waals surface area contributed by atoms with E-state index in [2.05, 4.69) is 32.6 Å². The molecule has 0 spiro atoms. The van der Waals surface area contributed by atoms with Gasteiger partial charge in [0.25, 0.3) is 0 Å². The second-order valence-corrected chi connectivity index (χ2v) is 6.18. The molecule has 0 unspecified atom stereocenters. The van der Waals surface area contributed by atoms with Crippen molar-refractivity contribution in [1.29, 1.82) is 0 Å². The Morgan fingerprint density at radius 3 is 3.00 bits per heavy atom. The summed E-state index contributed by atoms with van der Waals surface area (Å²) in [5.74, 6) is 1.27. The summed E-state index contributed by atoms with van der Waals surface area (Å²) in [7, 11) is 0. The van der Waals surface area contributed by atoms with Crippen LogP contribution in [0.1, 0.15) is 25.6 Å². The molecule has 0 saturated heterocycles. The van der Waals surface area contributed by atoms with Gasteiger partial charge in [0.2, 0.25) is 0 Å². The van der Waals surface area contributed by atoms with Crippen LogP contribution in [-0.2, 0) is 0 Å². The number of nitrogens with zero attached hydrogens (tertiary/aromatic N) is 4. The number of fused-ring (bicyclic) bond motifs is 1. The Morgan fingerprint density at radius 2 is 2.22 bits per heavy atom. The smallest absolute Gasteiger partial charge is 0.179 e. The third-order valence-electron chi connectivity index (χ3n) is 2.52. The van der Waals surface area contributed by atoms with Gasteiger partial charge in [-0.15, -0.1) is 0 Å². The lowest BCUT2D eigenvalue weighted by Crippen LogP contribution is -1.89. The van der Waals surface area contributed by atoms with Crippen LogP contribution < -0.4 is 0 Å². The Bertz CT molecular complexity index is 671. The van der Waals surface area contributed by atoms with E-state index in [-0.39, 0.29) is 0 Å². The van der Waals surface area contributed by atoms with Gasteiger partial charge in [-0.25, -0.2) is 9.97 Å². The van der Waals surface area contributed by atoms with Crippen LogP contribution in [0.5, 0.6) is 0 Å². The second kappa shape index (κ2) is 4.70. The van der Waals surface area contributed by atoms with Gasteiger partial charge in [0, 0.05) is 12.1 Å². The maximum atomic E-state index is 4.51. The van der Waals surface area contributed by atoms with Gasteiger partial charge < -0.3 is 0 Å². The molecule has 3 aromatic rings. The number of pyridine rings is 1. The molecule has 0 aromatic carbocycles. The van der Waals surface area contributed by atoms with Crippen LogP contribution in [0.4, 0.5) is 0 Å². The molecule has 92 valence electrons. The van der Waals surface area contributed by atoms with Gasteiger partial charge in [-0.2, -0.15) is 4.37 Å². The van der Waals surface area contributed by atoms with Crippen LogP contribution in [0.15, 0.2) is 40.1 Å². The summed E-state index contributed by atoms with van der Waals surface area (Å²) in [5.41, 5.74) is 1.09. The average molecular weight is 276 g/mol. The molecule has 0 saturated carbocycles. The van der Waals surface area contributed by atoms with Gasteiger partial charge in [0.1, 0.15) is 5.82 Å². The minimum atomic E-state index is 0.368. The highest BCUT2D eigenvalue weighted by molar-refractivity contribution is 8.00. The molecule has 3 heterocycles. The molecule has 0 fully saturated rings. The second-order valence-electron chi connectivity index (χ2n) is 4.21. The summed E-state index contributed by atoms with van der Waals surface area (Å²) in [6.07, 6.45) is 3.88. The van der Waals surface area contributed by atoms with Crippen LogP contribution >= 0.6 is 23.3 Å². The summed E-state index contributed by atoms with van der Waals surface area (Å²) in [5, 5.41) is 0.928. The van der Waals surface area contributed by atoms with Gasteiger partial charge >= 0.3 is 0 Å². The molecule has 0 amide bonds. The van der Waals surface area contributed by atoms with Gasteiger partial charge in [0.15, 0.2) is 9.50 Å². The van der Waals surface area contributed by atoms with Gasteiger partial charge in [-0.05, 0) is 35.4 Å². The van der Waals surface area contributed by atoms with E-state index in [1.807, 2.05) is 30.6 Å². The molecular weight excluding hydrogens is 264 g/mol. The molecule has 0 aliphatic heterocycles. The Labute approximate surface area is 113 Å². The number of imidazole rings is 1. The lowest BCUT2D eigenvalue weighted by atomic mass is 10.2. The zero-order chi connectivity index (χ0) is 12.5. The molecule has 0 bridgehead atoms. The molecule has 3 aromatic heterocycles. The summed E-state index contributed by atoms with van der Waals surface area (Å²) in [6, 6.07) is 6.04. The number of hydrogen-bond acceptors (Lipinski definition) is 5. The fourth-order valence-electron chi connectivity index (χ4n) is 1.57. The van der Waals surface area contributed by atoms with Gasteiger partial charge in [-0.1, -0.05) is 19.9 Å². The third kappa shape index (κ3) is 2.13. The normalized spacial score (nSPS) is 11.5. The zero-order valence-corrected chi connectivity index (χ0v) is 11.7. The third-order valence-corrected chi connectivity index (χ3v) is 4.27. The van der Waals surface area contributed by atoms with Crippen LogP contribution in [0.25, 0.3) is 5.52 Å². The van der Waals surface area contributed by atoms with Crippen molar-refractivity contribution in [3.05, 3.63) is 36.4 Å². The standard InChI is InChI=1S/C12H12N4S2/c1-8(2)10-14-12(18-15-10)17-11-13-7-9-5-3-4-6-16(9)11/h3-8H,1-2H3. The lowest BCUT2D eigenvalue weighted by molar-refractivity contribution is 0.789. The van der Waals surface area contributed by atoms with Crippen molar-refractivity contribution in [2.24, 2.45) is 0 Å². The van der Waals surface area contributed by atoms with E-state index in [1.54, 1.807) is 11.8 Å². The first-order chi connectivity index (χ1) is 8.74. The number of hydrogen-bond donors (Lipinski definition) is 0. The molecule has 3 rings (SSSR count). The number of aromatic nitrogens is 4. The Kier molecular flexibility index (Phi) is 3.05. The van der Waals surface area contributed by atoms with Crippen molar-refractivity contribution in [1.82, 2.24) is 18.7 Å². The highest BCUT2D eigenvalue weighted by Gasteiger charge is 2.11. The van der Waals surface area contributed by atoms with Crippen LogP contribution in [0.3, 0.4) is 0 Å². The quantitative estimate of drug-likeness (QED) is 0.734. The highest BCUT2D eigenvalue weighted by atomic mass is 32.2. The minimum absolute atomic E-state index is 0.368. The van der Waals surface area contributed by atoms with E-state index in [0.29, 0.717) is 5.92 Å². The van der Waals surface area contributed by atoms with Crippen LogP contribution in [0, 0.1) is 0 Å². The van der Waals surface area contributed by atoms with Gasteiger partial charge in [-0.3, -0.25) is 4.40 Å². The largest absolute Gasteiger partial charge is 0.294 e. The summed E-state index contributed by atoms with van der Waals surface area (Å²) >= 11 is 2.99. The molecule has 18 heavy (non-hydrogen) atoms. The van der Waals surface area contributed by atoms with Crippen molar-refractivity contribution < 1.29 is 0 Å². The highest BCUT2D eigenvalue weighted by Crippen LogP contribution is 2.29. The lowest BCUT2D eigenvalue weighted by Gasteiger charge is -1.97. The molecule has 6 heteroatoms. The van der Waals surface area contributed by atoms with Gasteiger partial charge in [0.05, 0.1) is 11.7 Å². The van der Waals surface area contributed by atoms with Crippen LogP contribution in [-0.4, -0.2) is 18.7 Å². The maximum Gasteiger partial charge on any atom is 0.179 e. The SMILES string of the molecule is CC(C)c1nsc(Sc2ncc3ccccn23)n1. The van der Waals surface area contributed by atoms with Crippen molar-refractivity contribution >= 4 is 28.8 Å². The molecule has 0 aliphatic rings. The predicted molar refractivity (Wildman–Crippen MR) is 73.3 cm³/mol. The monoisotopic (exact) mass is 276 g/mol. The topological polar surface area (TPSA) is 43.1 Å². The Hall–Kier alpha value is -1.40. The predicted octanol–water partition coefficient (Wildman–Crippen LogP) is 3.46. The van der Waals surface area contributed by atoms with E-state index in [1.165, 1.54) is 11.5 Å². The summed E-state index contributed by atoms with van der Waals surface area (Å²) in [4.78, 5) is 8.92. The number of rotatable bonds is 3. The first-order valence-electron chi connectivity index (χ1n) is 5.67. The van der Waals surface area contributed by atoms with E-state index >= 15 is 0 Å². The molecule has 4 nitrogen and oxygen atoms in total. The fourth-order valence-corrected chi connectivity index (χ4v) is 3.28. The minimum Gasteiger partial charge on any atom is -0.294 e. The van der Waals surface area contributed by atoms with E-state index in [0.717, 1.165) is 20.8 Å². The Balaban J connectivity index is 1.91. The van der Waals surface area contributed by atoms with E-state index in [9.17, 15) is 0 Å².